The molecule has 6 aliphatic rings. The van der Waals surface area contributed by atoms with Crippen molar-refractivity contribution < 1.29 is 44.5 Å². The van der Waals surface area contributed by atoms with Crippen LogP contribution in [0.2, 0.25) is 0 Å². The topological polar surface area (TPSA) is 146 Å². The fourth-order valence-corrected chi connectivity index (χ4v) is 9.80. The smallest absolute Gasteiger partial charge is 0.331 e. The zero-order valence-electron chi connectivity index (χ0n) is 22.7. The fraction of sp³-hybridized carbons (Fsp3) is 0.897. The molecule has 4 saturated carbocycles. The van der Waals surface area contributed by atoms with Gasteiger partial charge in [0.1, 0.15) is 24.9 Å². The molecule has 214 valence electrons. The van der Waals surface area contributed by atoms with Gasteiger partial charge in [0, 0.05) is 17.9 Å². The summed E-state index contributed by atoms with van der Waals surface area (Å²) in [5, 5.41) is 55.1. The third-order valence-electron chi connectivity index (χ3n) is 12.2. The van der Waals surface area contributed by atoms with E-state index in [9.17, 15) is 30.3 Å². The van der Waals surface area contributed by atoms with Gasteiger partial charge in [-0.25, -0.2) is 4.79 Å². The van der Waals surface area contributed by atoms with Crippen LogP contribution in [0.4, 0.5) is 0 Å². The molecule has 0 unspecified atom stereocenters. The first-order chi connectivity index (χ1) is 17.8. The van der Waals surface area contributed by atoms with Crippen LogP contribution in [-0.4, -0.2) is 86.1 Å². The average molecular weight is 537 g/mol. The van der Waals surface area contributed by atoms with Crippen LogP contribution in [0.15, 0.2) is 11.6 Å². The lowest BCUT2D eigenvalue weighted by molar-refractivity contribution is -0.319. The Morgan fingerprint density at radius 2 is 1.61 bits per heavy atom. The SMILES string of the molecule is C[C@@H]1O[C@H](O[C@H]2CC[C@]3(C)[C@H]4CC[C@]5(C)[C@@H](C6=CC(=O)OC6)CC[C@]5(O)[C@@H]4CC[C@]3(O)C2)[C@H](O)[C@H](O)[C@H]1O. The zero-order valence-corrected chi connectivity index (χ0v) is 22.7. The second kappa shape index (κ2) is 8.96. The molecule has 0 aromatic rings. The van der Waals surface area contributed by atoms with E-state index in [0.717, 1.165) is 37.7 Å². The van der Waals surface area contributed by atoms with Crippen molar-refractivity contribution in [3.05, 3.63) is 11.6 Å². The quantitative estimate of drug-likeness (QED) is 0.268. The van der Waals surface area contributed by atoms with E-state index < -0.39 is 41.9 Å². The number of aliphatic hydroxyl groups excluding tert-OH is 3. The van der Waals surface area contributed by atoms with E-state index in [0.29, 0.717) is 32.3 Å². The third-order valence-corrected chi connectivity index (χ3v) is 12.2. The normalized spacial score (nSPS) is 56.5. The maximum atomic E-state index is 12.4. The minimum atomic E-state index is -1.36. The minimum Gasteiger partial charge on any atom is -0.458 e. The van der Waals surface area contributed by atoms with Crippen LogP contribution in [0.3, 0.4) is 0 Å². The van der Waals surface area contributed by atoms with Crippen molar-refractivity contribution in [1.82, 2.24) is 0 Å². The number of rotatable bonds is 3. The molecule has 13 atom stereocenters. The first kappa shape index (κ1) is 27.1. The molecule has 9 heteroatoms. The van der Waals surface area contributed by atoms with E-state index >= 15 is 0 Å². The van der Waals surface area contributed by atoms with Crippen LogP contribution in [0.1, 0.15) is 78.6 Å². The van der Waals surface area contributed by atoms with Crippen molar-refractivity contribution in [3.8, 4) is 0 Å². The maximum Gasteiger partial charge on any atom is 0.331 e. The number of aliphatic hydroxyl groups is 5. The molecule has 0 bridgehead atoms. The Hall–Kier alpha value is -1.07. The van der Waals surface area contributed by atoms with E-state index in [1.165, 1.54) is 0 Å². The number of carbonyl (C=O) groups excluding carboxylic acids is 1. The number of esters is 1. The molecule has 5 fully saturated rings. The molecule has 4 aliphatic carbocycles. The second-order valence-electron chi connectivity index (χ2n) is 13.7. The summed E-state index contributed by atoms with van der Waals surface area (Å²) in [5.74, 6) is 0.0978. The highest BCUT2D eigenvalue weighted by atomic mass is 16.7. The van der Waals surface area contributed by atoms with Gasteiger partial charge in [0.15, 0.2) is 6.29 Å². The molecule has 6 rings (SSSR count). The van der Waals surface area contributed by atoms with Gasteiger partial charge in [-0.15, -0.1) is 0 Å². The van der Waals surface area contributed by atoms with Crippen molar-refractivity contribution >= 4 is 5.97 Å². The number of cyclic esters (lactones) is 1. The molecule has 2 aliphatic heterocycles. The highest BCUT2D eigenvalue weighted by Crippen LogP contribution is 2.70. The minimum absolute atomic E-state index is 0.0774. The van der Waals surface area contributed by atoms with Crippen LogP contribution in [0.25, 0.3) is 0 Å². The monoisotopic (exact) mass is 536 g/mol. The fourth-order valence-electron chi connectivity index (χ4n) is 9.80. The lowest BCUT2D eigenvalue weighted by atomic mass is 9.42. The van der Waals surface area contributed by atoms with E-state index in [-0.39, 0.29) is 40.7 Å². The molecule has 9 nitrogen and oxygen atoms in total. The summed E-state index contributed by atoms with van der Waals surface area (Å²) in [4.78, 5) is 11.8. The van der Waals surface area contributed by atoms with Crippen LogP contribution < -0.4 is 0 Å². The summed E-state index contributed by atoms with van der Waals surface area (Å²) in [7, 11) is 0. The zero-order chi connectivity index (χ0) is 27.3. The molecule has 2 heterocycles. The standard InChI is InChI=1S/C29H44O9/c1-15-22(31)23(32)24(33)25(37-15)38-17-4-8-26(2)19-5-9-27(3)18(16-12-21(30)36-14-16)7-11-29(27,35)20(19)6-10-28(26,34)13-17/h12,15,17-20,22-25,31-35H,4-11,13-14H2,1-3H3/t15-,17-,18+,19-,20+,22-,23+,24+,25+,26+,27+,28-,29-/m0/s1. The van der Waals surface area contributed by atoms with Gasteiger partial charge in [-0.1, -0.05) is 13.8 Å². The van der Waals surface area contributed by atoms with Crippen molar-refractivity contribution in [2.75, 3.05) is 6.61 Å². The molecule has 1 saturated heterocycles. The van der Waals surface area contributed by atoms with Gasteiger partial charge in [0.05, 0.1) is 23.4 Å². The van der Waals surface area contributed by atoms with Crippen LogP contribution in [-0.2, 0) is 19.0 Å². The molecule has 0 amide bonds. The first-order valence-corrected chi connectivity index (χ1v) is 14.5. The van der Waals surface area contributed by atoms with E-state index in [4.69, 9.17) is 14.2 Å². The molecule has 0 radical (unpaired) electrons. The Morgan fingerprint density at radius 3 is 2.32 bits per heavy atom. The Morgan fingerprint density at radius 1 is 0.895 bits per heavy atom. The van der Waals surface area contributed by atoms with Crippen LogP contribution in [0, 0.1) is 28.6 Å². The summed E-state index contributed by atoms with van der Waals surface area (Å²) >= 11 is 0. The lowest BCUT2D eigenvalue weighted by Crippen LogP contribution is -2.67. The summed E-state index contributed by atoms with van der Waals surface area (Å²) in [6, 6.07) is 0. The molecule has 5 N–H and O–H groups in total. The molecule has 0 aromatic heterocycles. The van der Waals surface area contributed by atoms with E-state index in [1.54, 1.807) is 13.0 Å². The number of carbonyl (C=O) groups is 1. The van der Waals surface area contributed by atoms with Gasteiger partial charge in [-0.3, -0.25) is 0 Å². The molecule has 38 heavy (non-hydrogen) atoms. The highest BCUT2D eigenvalue weighted by Gasteiger charge is 2.70. The largest absolute Gasteiger partial charge is 0.458 e. The Kier molecular flexibility index (Phi) is 6.40. The molecule has 0 spiro atoms. The van der Waals surface area contributed by atoms with Gasteiger partial charge in [0.2, 0.25) is 0 Å². The second-order valence-corrected chi connectivity index (χ2v) is 13.7. The van der Waals surface area contributed by atoms with E-state index in [2.05, 4.69) is 13.8 Å². The number of fused-ring (bicyclic) bond motifs is 5. The van der Waals surface area contributed by atoms with Crippen molar-refractivity contribution in [2.45, 2.75) is 127 Å². The highest BCUT2D eigenvalue weighted by molar-refractivity contribution is 5.85. The average Bonchev–Trinajstić information content (AvgIpc) is 3.41. The lowest BCUT2D eigenvalue weighted by Gasteiger charge is -2.66. The van der Waals surface area contributed by atoms with Crippen molar-refractivity contribution in [1.29, 1.82) is 0 Å². The summed E-state index contributed by atoms with van der Waals surface area (Å²) in [6.45, 7) is 6.33. The summed E-state index contributed by atoms with van der Waals surface area (Å²) in [5.41, 5.74) is -1.51. The Balaban J connectivity index is 1.19. The summed E-state index contributed by atoms with van der Waals surface area (Å²) < 4.78 is 17.0. The first-order valence-electron chi connectivity index (χ1n) is 14.5. The number of hydrogen-bond donors (Lipinski definition) is 5. The maximum absolute atomic E-state index is 12.4. The van der Waals surface area contributed by atoms with E-state index in [1.807, 2.05) is 0 Å². The van der Waals surface area contributed by atoms with Gasteiger partial charge in [-0.05, 0) is 87.0 Å². The molecule has 0 aromatic carbocycles. The van der Waals surface area contributed by atoms with Crippen LogP contribution in [0.5, 0.6) is 0 Å². The third kappa shape index (κ3) is 3.65. The van der Waals surface area contributed by atoms with Gasteiger partial charge < -0.3 is 39.7 Å². The predicted molar refractivity (Wildman–Crippen MR) is 134 cm³/mol. The Labute approximate surface area is 224 Å². The van der Waals surface area contributed by atoms with Gasteiger partial charge in [0.25, 0.3) is 0 Å². The summed E-state index contributed by atoms with van der Waals surface area (Å²) in [6.07, 6.45) is 2.01. The molecular weight excluding hydrogens is 492 g/mol. The van der Waals surface area contributed by atoms with Crippen molar-refractivity contribution in [2.24, 2.45) is 28.6 Å². The van der Waals surface area contributed by atoms with Gasteiger partial charge >= 0.3 is 5.97 Å². The number of ether oxygens (including phenoxy) is 3. The predicted octanol–water partition coefficient (Wildman–Crippen LogP) is 1.57. The van der Waals surface area contributed by atoms with Crippen LogP contribution >= 0.6 is 0 Å². The number of hydrogen-bond acceptors (Lipinski definition) is 9. The van der Waals surface area contributed by atoms with Crippen molar-refractivity contribution in [3.63, 3.8) is 0 Å². The molecular formula is C29H44O9. The van der Waals surface area contributed by atoms with Gasteiger partial charge in [-0.2, -0.15) is 0 Å². The Bertz CT molecular complexity index is 1000.